The molecule has 0 bridgehead atoms. The average molecular weight is 363 g/mol. The summed E-state index contributed by atoms with van der Waals surface area (Å²) < 4.78 is 5.61. The fourth-order valence-corrected chi connectivity index (χ4v) is 2.81. The lowest BCUT2D eigenvalue weighted by molar-refractivity contribution is 0.111. The van der Waals surface area contributed by atoms with E-state index in [1.165, 1.54) is 89.9 Å². The second-order valence-electron chi connectivity index (χ2n) is 6.29. The topological polar surface area (TPSA) is 9.23 Å². The summed E-state index contributed by atoms with van der Waals surface area (Å²) in [6.45, 7) is 5.35. The van der Waals surface area contributed by atoms with E-state index in [-0.39, 0.29) is 5.01 Å². The average Bonchev–Trinajstić information content (AvgIpc) is 2.50. The zero-order valence-corrected chi connectivity index (χ0v) is 16.3. The van der Waals surface area contributed by atoms with Crippen LogP contribution in [0.2, 0.25) is 0 Å². The van der Waals surface area contributed by atoms with Crippen LogP contribution in [0, 0.1) is 0 Å². The highest BCUT2D eigenvalue weighted by atomic mass is 79.9. The third-order valence-electron chi connectivity index (χ3n) is 4.12. The van der Waals surface area contributed by atoms with Gasteiger partial charge in [0.1, 0.15) is 5.01 Å². The van der Waals surface area contributed by atoms with Crippen LogP contribution in [0.1, 0.15) is 110 Å². The monoisotopic (exact) mass is 362 g/mol. The molecule has 0 aromatic rings. The minimum atomic E-state index is 0.263. The minimum absolute atomic E-state index is 0.263. The van der Waals surface area contributed by atoms with Crippen LogP contribution in [0.25, 0.3) is 0 Å². The van der Waals surface area contributed by atoms with Crippen molar-refractivity contribution in [2.24, 2.45) is 0 Å². The Balaban J connectivity index is 2.96. The standard InChI is InChI=1S/C19H39BrO/c1-3-5-6-7-8-9-10-11-12-13-14-15-16-17-18-21-19(20)4-2/h19H,3-18H2,1-2H3. The van der Waals surface area contributed by atoms with Crippen molar-refractivity contribution in [3.8, 4) is 0 Å². The van der Waals surface area contributed by atoms with E-state index < -0.39 is 0 Å². The van der Waals surface area contributed by atoms with Crippen LogP contribution in [0.15, 0.2) is 0 Å². The Kier molecular flexibility index (Phi) is 18.9. The second kappa shape index (κ2) is 18.5. The van der Waals surface area contributed by atoms with Crippen molar-refractivity contribution in [2.75, 3.05) is 6.61 Å². The lowest BCUT2D eigenvalue weighted by atomic mass is 10.0. The fourth-order valence-electron chi connectivity index (χ4n) is 2.63. The number of hydrogen-bond donors (Lipinski definition) is 0. The Morgan fingerprint density at radius 2 is 1.00 bits per heavy atom. The molecule has 0 spiro atoms. The Hall–Kier alpha value is 0.440. The quantitative estimate of drug-likeness (QED) is 0.191. The van der Waals surface area contributed by atoms with Gasteiger partial charge in [-0.2, -0.15) is 0 Å². The molecule has 0 saturated heterocycles. The van der Waals surface area contributed by atoms with E-state index >= 15 is 0 Å². The summed E-state index contributed by atoms with van der Waals surface area (Å²) in [6, 6.07) is 0. The lowest BCUT2D eigenvalue weighted by Gasteiger charge is -2.08. The molecule has 1 nitrogen and oxygen atoms in total. The van der Waals surface area contributed by atoms with E-state index in [2.05, 4.69) is 29.8 Å². The summed E-state index contributed by atoms with van der Waals surface area (Å²) in [5, 5.41) is 0.263. The summed E-state index contributed by atoms with van der Waals surface area (Å²) in [4.78, 5) is 0. The number of unbranched alkanes of at least 4 members (excludes halogenated alkanes) is 13. The second-order valence-corrected chi connectivity index (χ2v) is 7.31. The molecule has 128 valence electrons. The summed E-state index contributed by atoms with van der Waals surface area (Å²) in [5.41, 5.74) is 0. The first-order chi connectivity index (χ1) is 10.3. The SMILES string of the molecule is CCCCCCCCCCCCCCCCOC(Br)CC. The molecule has 0 aliphatic rings. The molecular formula is C19H39BrO. The van der Waals surface area contributed by atoms with Crippen LogP contribution in [0.4, 0.5) is 0 Å². The van der Waals surface area contributed by atoms with Gasteiger partial charge in [0.2, 0.25) is 0 Å². The number of halogens is 1. The van der Waals surface area contributed by atoms with Gasteiger partial charge in [0.05, 0.1) is 0 Å². The maximum atomic E-state index is 5.61. The van der Waals surface area contributed by atoms with Crippen LogP contribution in [-0.4, -0.2) is 11.6 Å². The third kappa shape index (κ3) is 18.4. The zero-order chi connectivity index (χ0) is 15.6. The van der Waals surface area contributed by atoms with Crippen molar-refractivity contribution in [1.29, 1.82) is 0 Å². The molecule has 0 aliphatic heterocycles. The van der Waals surface area contributed by atoms with Gasteiger partial charge in [-0.1, -0.05) is 113 Å². The van der Waals surface area contributed by atoms with Crippen LogP contribution in [0.5, 0.6) is 0 Å². The third-order valence-corrected chi connectivity index (χ3v) is 5.03. The first-order valence-electron chi connectivity index (χ1n) is 9.57. The molecule has 0 aromatic carbocycles. The van der Waals surface area contributed by atoms with E-state index in [9.17, 15) is 0 Å². The van der Waals surface area contributed by atoms with E-state index in [1.54, 1.807) is 0 Å². The van der Waals surface area contributed by atoms with Gasteiger partial charge in [-0.3, -0.25) is 0 Å². The van der Waals surface area contributed by atoms with E-state index in [4.69, 9.17) is 4.74 Å². The lowest BCUT2D eigenvalue weighted by Crippen LogP contribution is -2.03. The minimum Gasteiger partial charge on any atom is -0.367 e. The maximum absolute atomic E-state index is 5.61. The van der Waals surface area contributed by atoms with Crippen molar-refractivity contribution >= 4 is 15.9 Å². The van der Waals surface area contributed by atoms with E-state index in [1.807, 2.05) is 0 Å². The predicted molar refractivity (Wildman–Crippen MR) is 99.3 cm³/mol. The molecule has 0 saturated carbocycles. The van der Waals surface area contributed by atoms with Crippen molar-refractivity contribution in [3.05, 3.63) is 0 Å². The van der Waals surface area contributed by atoms with Crippen LogP contribution < -0.4 is 0 Å². The van der Waals surface area contributed by atoms with Crippen molar-refractivity contribution in [2.45, 2.75) is 115 Å². The molecule has 0 aromatic heterocycles. The zero-order valence-electron chi connectivity index (χ0n) is 14.7. The van der Waals surface area contributed by atoms with Crippen LogP contribution in [-0.2, 0) is 4.74 Å². The molecule has 0 aliphatic carbocycles. The first kappa shape index (κ1) is 21.4. The Morgan fingerprint density at radius 1 is 0.619 bits per heavy atom. The first-order valence-corrected chi connectivity index (χ1v) is 10.5. The smallest absolute Gasteiger partial charge is 0.112 e. The van der Waals surface area contributed by atoms with Gasteiger partial charge in [-0.05, 0) is 12.8 Å². The van der Waals surface area contributed by atoms with E-state index in [0.29, 0.717) is 0 Å². The summed E-state index contributed by atoms with van der Waals surface area (Å²) in [6.07, 6.45) is 20.9. The molecular weight excluding hydrogens is 324 g/mol. The van der Waals surface area contributed by atoms with Gasteiger partial charge >= 0.3 is 0 Å². The molecule has 0 fully saturated rings. The molecule has 0 N–H and O–H groups in total. The normalized spacial score (nSPS) is 12.7. The van der Waals surface area contributed by atoms with Crippen LogP contribution >= 0.6 is 15.9 Å². The Bertz CT molecular complexity index is 184. The highest BCUT2D eigenvalue weighted by Gasteiger charge is 1.99. The molecule has 2 heteroatoms. The molecule has 0 rings (SSSR count). The number of rotatable bonds is 17. The Morgan fingerprint density at radius 3 is 1.38 bits per heavy atom. The number of ether oxygens (including phenoxy) is 1. The largest absolute Gasteiger partial charge is 0.367 e. The fraction of sp³-hybridized carbons (Fsp3) is 1.00. The van der Waals surface area contributed by atoms with Gasteiger partial charge in [0, 0.05) is 6.61 Å². The number of hydrogen-bond acceptors (Lipinski definition) is 1. The molecule has 1 unspecified atom stereocenters. The highest BCUT2D eigenvalue weighted by molar-refractivity contribution is 9.09. The number of alkyl halides is 1. The maximum Gasteiger partial charge on any atom is 0.112 e. The summed E-state index contributed by atoms with van der Waals surface area (Å²) >= 11 is 3.50. The summed E-state index contributed by atoms with van der Waals surface area (Å²) in [5.74, 6) is 0. The van der Waals surface area contributed by atoms with Gasteiger partial charge < -0.3 is 4.74 Å². The molecule has 0 amide bonds. The van der Waals surface area contributed by atoms with Gasteiger partial charge in [-0.15, -0.1) is 0 Å². The molecule has 21 heavy (non-hydrogen) atoms. The van der Waals surface area contributed by atoms with Gasteiger partial charge in [0.25, 0.3) is 0 Å². The van der Waals surface area contributed by atoms with Crippen molar-refractivity contribution < 1.29 is 4.74 Å². The molecule has 0 radical (unpaired) electrons. The molecule has 1 atom stereocenters. The predicted octanol–water partition coefficient (Wildman–Crippen LogP) is 7.62. The van der Waals surface area contributed by atoms with E-state index in [0.717, 1.165) is 13.0 Å². The van der Waals surface area contributed by atoms with Gasteiger partial charge in [0.15, 0.2) is 0 Å². The highest BCUT2D eigenvalue weighted by Crippen LogP contribution is 2.13. The summed E-state index contributed by atoms with van der Waals surface area (Å²) in [7, 11) is 0. The molecule has 0 heterocycles. The Labute approximate surface area is 142 Å². The van der Waals surface area contributed by atoms with Crippen molar-refractivity contribution in [3.63, 3.8) is 0 Å². The van der Waals surface area contributed by atoms with Crippen LogP contribution in [0.3, 0.4) is 0 Å². The van der Waals surface area contributed by atoms with Gasteiger partial charge in [-0.25, -0.2) is 0 Å². The van der Waals surface area contributed by atoms with Crippen molar-refractivity contribution in [1.82, 2.24) is 0 Å².